The van der Waals surface area contributed by atoms with Gasteiger partial charge in [-0.3, -0.25) is 4.79 Å². The molecule has 3 fully saturated rings. The number of carbonyl (C=O) groups excluding carboxylic acids is 1. The average Bonchev–Trinajstić information content (AvgIpc) is 3.48. The number of hydrogen-bond acceptors (Lipinski definition) is 5. The van der Waals surface area contributed by atoms with E-state index >= 15 is 0 Å². The van der Waals surface area contributed by atoms with Gasteiger partial charge >= 0.3 is 0 Å². The molecule has 0 radical (unpaired) electrons. The van der Waals surface area contributed by atoms with Crippen LogP contribution in [-0.2, 0) is 4.79 Å². The molecule has 7 nitrogen and oxygen atoms in total. The van der Waals surface area contributed by atoms with E-state index in [0.717, 1.165) is 63.5 Å². The summed E-state index contributed by atoms with van der Waals surface area (Å²) >= 11 is 0. The Morgan fingerprint density at radius 2 is 1.86 bits per heavy atom. The minimum Gasteiger partial charge on any atom is -0.343 e. The summed E-state index contributed by atoms with van der Waals surface area (Å²) in [4.78, 5) is 16.3. The number of piperidine rings is 2. The van der Waals surface area contributed by atoms with Gasteiger partial charge in [0.25, 0.3) is 0 Å². The zero-order valence-electron chi connectivity index (χ0n) is 16.8. The predicted molar refractivity (Wildman–Crippen MR) is 106 cm³/mol. The number of likely N-dealkylation sites (tertiary alicyclic amines) is 2. The number of rotatable bonds is 4. The number of nitrogens with zero attached hydrogens (tertiary/aromatic N) is 6. The van der Waals surface area contributed by atoms with Crippen molar-refractivity contribution in [3.05, 3.63) is 23.7 Å². The van der Waals surface area contributed by atoms with E-state index < -0.39 is 0 Å². The number of carbonyl (C=O) groups is 1. The van der Waals surface area contributed by atoms with Gasteiger partial charge in [0.1, 0.15) is 0 Å². The number of amides is 1. The van der Waals surface area contributed by atoms with Gasteiger partial charge in [0, 0.05) is 38.4 Å². The van der Waals surface area contributed by atoms with Gasteiger partial charge < -0.3 is 9.80 Å². The molecule has 2 aromatic rings. The zero-order chi connectivity index (χ0) is 19.1. The molecule has 2 aromatic heterocycles. The molecule has 2 aliphatic heterocycles. The molecule has 0 aromatic carbocycles. The van der Waals surface area contributed by atoms with E-state index in [1.165, 1.54) is 25.0 Å². The summed E-state index contributed by atoms with van der Waals surface area (Å²) in [5.41, 5.74) is 2.06. The van der Waals surface area contributed by atoms with Crippen molar-refractivity contribution in [2.45, 2.75) is 57.3 Å². The smallest absolute Gasteiger partial charge is 0.219 e. The lowest BCUT2D eigenvalue weighted by Gasteiger charge is -2.37. The molecule has 1 unspecified atom stereocenters. The van der Waals surface area contributed by atoms with Gasteiger partial charge in [0.2, 0.25) is 5.91 Å². The Morgan fingerprint density at radius 1 is 1.04 bits per heavy atom. The van der Waals surface area contributed by atoms with Crippen molar-refractivity contribution in [3.63, 3.8) is 0 Å². The zero-order valence-corrected chi connectivity index (χ0v) is 16.8. The summed E-state index contributed by atoms with van der Waals surface area (Å²) in [6.07, 6.45) is 7.12. The Kier molecular flexibility index (Phi) is 4.78. The molecule has 0 bridgehead atoms. The molecule has 7 heteroatoms. The Bertz CT molecular complexity index is 852. The molecular formula is C21H30N6O. The second-order valence-corrected chi connectivity index (χ2v) is 8.91. The van der Waals surface area contributed by atoms with Crippen LogP contribution in [-0.4, -0.2) is 68.2 Å². The second-order valence-electron chi connectivity index (χ2n) is 8.91. The highest BCUT2D eigenvalue weighted by molar-refractivity contribution is 5.73. The van der Waals surface area contributed by atoms with Crippen LogP contribution in [0, 0.1) is 5.92 Å². The van der Waals surface area contributed by atoms with E-state index in [0.29, 0.717) is 17.8 Å². The summed E-state index contributed by atoms with van der Waals surface area (Å²) in [5, 5.41) is 13.7. The molecule has 2 saturated heterocycles. The molecule has 150 valence electrons. The molecule has 1 saturated carbocycles. The molecule has 0 N–H and O–H groups in total. The topological polar surface area (TPSA) is 66.6 Å². The molecule has 0 spiro atoms. The van der Waals surface area contributed by atoms with Crippen LogP contribution < -0.4 is 0 Å². The van der Waals surface area contributed by atoms with E-state index in [1.54, 1.807) is 6.92 Å². The number of aromatic nitrogens is 4. The number of fused-ring (bicyclic) bond motifs is 1. The maximum atomic E-state index is 11.7. The molecule has 1 atom stereocenters. The van der Waals surface area contributed by atoms with E-state index in [1.807, 2.05) is 9.42 Å². The highest BCUT2D eigenvalue weighted by atomic mass is 16.2. The van der Waals surface area contributed by atoms with E-state index in [9.17, 15) is 4.79 Å². The molecule has 28 heavy (non-hydrogen) atoms. The van der Waals surface area contributed by atoms with Crippen molar-refractivity contribution in [2.24, 2.45) is 5.92 Å². The van der Waals surface area contributed by atoms with Crippen molar-refractivity contribution in [1.29, 1.82) is 0 Å². The molecule has 1 aliphatic carbocycles. The first kappa shape index (κ1) is 18.0. The van der Waals surface area contributed by atoms with Crippen molar-refractivity contribution in [3.8, 4) is 0 Å². The van der Waals surface area contributed by atoms with Crippen LogP contribution in [0.25, 0.3) is 5.65 Å². The Balaban J connectivity index is 1.21. The van der Waals surface area contributed by atoms with Gasteiger partial charge in [-0.1, -0.05) is 0 Å². The third-order valence-electron chi connectivity index (χ3n) is 6.74. The fourth-order valence-electron chi connectivity index (χ4n) is 4.91. The Morgan fingerprint density at radius 3 is 2.61 bits per heavy atom. The molecule has 1 amide bonds. The molecule has 5 rings (SSSR count). The Labute approximate surface area is 166 Å². The van der Waals surface area contributed by atoms with Crippen LogP contribution in [0.4, 0.5) is 0 Å². The standard InChI is InChI=1S/C21H30N6O/c1-15(28)26-10-2-3-16(14-26)13-25-11-8-18(9-12-25)21-23-22-20-7-6-19(17-4-5-17)24-27(20)21/h6-7,16-18H,2-5,8-14H2,1H3. The van der Waals surface area contributed by atoms with E-state index in [-0.39, 0.29) is 5.91 Å². The molecule has 4 heterocycles. The van der Waals surface area contributed by atoms with Crippen molar-refractivity contribution >= 4 is 11.6 Å². The van der Waals surface area contributed by atoms with Gasteiger partial charge in [-0.15, -0.1) is 10.2 Å². The molecular weight excluding hydrogens is 352 g/mol. The lowest BCUT2D eigenvalue weighted by atomic mass is 9.93. The Hall–Kier alpha value is -2.02. The highest BCUT2D eigenvalue weighted by Crippen LogP contribution is 2.39. The van der Waals surface area contributed by atoms with E-state index in [2.05, 4.69) is 27.2 Å². The fourth-order valence-corrected chi connectivity index (χ4v) is 4.91. The van der Waals surface area contributed by atoms with E-state index in [4.69, 9.17) is 5.10 Å². The summed E-state index contributed by atoms with van der Waals surface area (Å²) in [6, 6.07) is 4.18. The van der Waals surface area contributed by atoms with Crippen molar-refractivity contribution in [1.82, 2.24) is 29.6 Å². The monoisotopic (exact) mass is 382 g/mol. The second kappa shape index (κ2) is 7.43. The van der Waals surface area contributed by atoms with Gasteiger partial charge in [-0.05, 0) is 69.7 Å². The summed E-state index contributed by atoms with van der Waals surface area (Å²) < 4.78 is 2.00. The van der Waals surface area contributed by atoms with Crippen LogP contribution in [0.15, 0.2) is 12.1 Å². The van der Waals surface area contributed by atoms with Crippen LogP contribution in [0.2, 0.25) is 0 Å². The maximum Gasteiger partial charge on any atom is 0.219 e. The molecule has 3 aliphatic rings. The minimum absolute atomic E-state index is 0.222. The van der Waals surface area contributed by atoms with Gasteiger partial charge in [0.15, 0.2) is 11.5 Å². The average molecular weight is 383 g/mol. The van der Waals surface area contributed by atoms with Crippen LogP contribution in [0.1, 0.15) is 68.8 Å². The maximum absolute atomic E-state index is 11.7. The first-order valence-corrected chi connectivity index (χ1v) is 10.9. The quantitative estimate of drug-likeness (QED) is 0.813. The third kappa shape index (κ3) is 3.64. The SMILES string of the molecule is CC(=O)N1CCCC(CN2CCC(c3nnc4ccc(C5CC5)nn34)CC2)C1. The highest BCUT2D eigenvalue weighted by Gasteiger charge is 2.30. The van der Waals surface area contributed by atoms with Gasteiger partial charge in [0.05, 0.1) is 5.69 Å². The van der Waals surface area contributed by atoms with Gasteiger partial charge in [-0.25, -0.2) is 0 Å². The predicted octanol–water partition coefficient (Wildman–Crippen LogP) is 2.44. The van der Waals surface area contributed by atoms with Crippen molar-refractivity contribution < 1.29 is 4.79 Å². The first-order chi connectivity index (χ1) is 13.7. The normalized spacial score (nSPS) is 24.8. The van der Waals surface area contributed by atoms with Crippen LogP contribution in [0.5, 0.6) is 0 Å². The first-order valence-electron chi connectivity index (χ1n) is 10.9. The minimum atomic E-state index is 0.222. The van der Waals surface area contributed by atoms with Crippen LogP contribution >= 0.6 is 0 Å². The number of hydrogen-bond donors (Lipinski definition) is 0. The largest absolute Gasteiger partial charge is 0.343 e. The van der Waals surface area contributed by atoms with Crippen LogP contribution in [0.3, 0.4) is 0 Å². The fraction of sp³-hybridized carbons (Fsp3) is 0.714. The third-order valence-corrected chi connectivity index (χ3v) is 6.74. The van der Waals surface area contributed by atoms with Crippen molar-refractivity contribution in [2.75, 3.05) is 32.7 Å². The lowest BCUT2D eigenvalue weighted by Crippen LogP contribution is -2.44. The summed E-state index contributed by atoms with van der Waals surface area (Å²) in [7, 11) is 0. The summed E-state index contributed by atoms with van der Waals surface area (Å²) in [6.45, 7) is 6.86. The van der Waals surface area contributed by atoms with Gasteiger partial charge in [-0.2, -0.15) is 9.61 Å². The summed E-state index contributed by atoms with van der Waals surface area (Å²) in [5.74, 6) is 2.96. The lowest BCUT2D eigenvalue weighted by molar-refractivity contribution is -0.130.